The SMILES string of the molecule is Cc1ncc(C(C)(C)C)c2ccccc12. The van der Waals surface area contributed by atoms with Crippen molar-refractivity contribution in [3.63, 3.8) is 0 Å². The van der Waals surface area contributed by atoms with Crippen molar-refractivity contribution in [3.8, 4) is 0 Å². The molecular weight excluding hydrogens is 182 g/mol. The Kier molecular flexibility index (Phi) is 2.26. The fourth-order valence-electron chi connectivity index (χ4n) is 1.93. The van der Waals surface area contributed by atoms with Crippen molar-refractivity contribution < 1.29 is 0 Å². The summed E-state index contributed by atoms with van der Waals surface area (Å²) < 4.78 is 0. The van der Waals surface area contributed by atoms with Crippen molar-refractivity contribution in [3.05, 3.63) is 41.7 Å². The van der Waals surface area contributed by atoms with Gasteiger partial charge < -0.3 is 0 Å². The van der Waals surface area contributed by atoms with E-state index in [4.69, 9.17) is 0 Å². The van der Waals surface area contributed by atoms with Gasteiger partial charge in [-0.2, -0.15) is 0 Å². The summed E-state index contributed by atoms with van der Waals surface area (Å²) in [6, 6.07) is 8.50. The summed E-state index contributed by atoms with van der Waals surface area (Å²) in [5.74, 6) is 0. The van der Waals surface area contributed by atoms with Gasteiger partial charge in [0.25, 0.3) is 0 Å². The van der Waals surface area contributed by atoms with Gasteiger partial charge in [-0.1, -0.05) is 45.0 Å². The highest BCUT2D eigenvalue weighted by Crippen LogP contribution is 2.30. The topological polar surface area (TPSA) is 12.9 Å². The minimum Gasteiger partial charge on any atom is -0.261 e. The van der Waals surface area contributed by atoms with Crippen molar-refractivity contribution in [2.45, 2.75) is 33.1 Å². The molecule has 0 spiro atoms. The first kappa shape index (κ1) is 10.2. The van der Waals surface area contributed by atoms with E-state index < -0.39 is 0 Å². The van der Waals surface area contributed by atoms with E-state index >= 15 is 0 Å². The lowest BCUT2D eigenvalue weighted by molar-refractivity contribution is 0.593. The zero-order valence-electron chi connectivity index (χ0n) is 9.83. The molecule has 0 saturated heterocycles. The summed E-state index contributed by atoms with van der Waals surface area (Å²) in [5, 5.41) is 2.60. The molecule has 0 aliphatic carbocycles. The molecule has 1 nitrogen and oxygen atoms in total. The molecule has 0 atom stereocenters. The lowest BCUT2D eigenvalue weighted by Gasteiger charge is -2.21. The Morgan fingerprint density at radius 3 is 2.20 bits per heavy atom. The van der Waals surface area contributed by atoms with E-state index in [1.807, 2.05) is 6.20 Å². The third-order valence-electron chi connectivity index (χ3n) is 2.80. The van der Waals surface area contributed by atoms with E-state index in [1.165, 1.54) is 16.3 Å². The Bertz CT molecular complexity index is 492. The zero-order chi connectivity index (χ0) is 11.1. The third-order valence-corrected chi connectivity index (χ3v) is 2.80. The van der Waals surface area contributed by atoms with Crippen LogP contribution in [0, 0.1) is 6.92 Å². The summed E-state index contributed by atoms with van der Waals surface area (Å²) in [6.07, 6.45) is 2.01. The van der Waals surface area contributed by atoms with Crippen LogP contribution < -0.4 is 0 Å². The van der Waals surface area contributed by atoms with Gasteiger partial charge in [-0.25, -0.2) is 0 Å². The van der Waals surface area contributed by atoms with Gasteiger partial charge in [0.1, 0.15) is 0 Å². The molecule has 2 aromatic rings. The molecule has 1 heterocycles. The molecule has 0 bridgehead atoms. The Labute approximate surface area is 91.2 Å². The molecule has 0 aliphatic rings. The molecule has 0 amide bonds. The molecule has 78 valence electrons. The van der Waals surface area contributed by atoms with Crippen LogP contribution in [0.5, 0.6) is 0 Å². The minimum absolute atomic E-state index is 0.153. The Morgan fingerprint density at radius 2 is 1.60 bits per heavy atom. The van der Waals surface area contributed by atoms with Gasteiger partial charge in [-0.15, -0.1) is 0 Å². The molecule has 0 N–H and O–H groups in total. The average molecular weight is 199 g/mol. The lowest BCUT2D eigenvalue weighted by Crippen LogP contribution is -2.12. The van der Waals surface area contributed by atoms with Crippen LogP contribution >= 0.6 is 0 Å². The highest BCUT2D eigenvalue weighted by Gasteiger charge is 2.17. The first-order valence-corrected chi connectivity index (χ1v) is 5.35. The number of benzene rings is 1. The van der Waals surface area contributed by atoms with Crippen LogP contribution in [0.15, 0.2) is 30.5 Å². The molecule has 0 radical (unpaired) electrons. The number of aryl methyl sites for hydroxylation is 1. The Hall–Kier alpha value is -1.37. The highest BCUT2D eigenvalue weighted by molar-refractivity contribution is 5.87. The fourth-order valence-corrected chi connectivity index (χ4v) is 1.93. The van der Waals surface area contributed by atoms with Gasteiger partial charge in [0.2, 0.25) is 0 Å². The van der Waals surface area contributed by atoms with E-state index in [0.717, 1.165) is 5.69 Å². The van der Waals surface area contributed by atoms with Crippen molar-refractivity contribution >= 4 is 10.8 Å². The van der Waals surface area contributed by atoms with Gasteiger partial charge >= 0.3 is 0 Å². The molecule has 0 saturated carbocycles. The van der Waals surface area contributed by atoms with Crippen molar-refractivity contribution in [2.75, 3.05) is 0 Å². The summed E-state index contributed by atoms with van der Waals surface area (Å²) in [5.41, 5.74) is 2.59. The summed E-state index contributed by atoms with van der Waals surface area (Å²) >= 11 is 0. The maximum atomic E-state index is 4.47. The van der Waals surface area contributed by atoms with Crippen LogP contribution in [-0.2, 0) is 5.41 Å². The van der Waals surface area contributed by atoms with Gasteiger partial charge in [-0.05, 0) is 23.3 Å². The number of hydrogen-bond donors (Lipinski definition) is 0. The van der Waals surface area contributed by atoms with E-state index in [0.29, 0.717) is 0 Å². The lowest BCUT2D eigenvalue weighted by atomic mass is 9.85. The van der Waals surface area contributed by atoms with Crippen LogP contribution in [0.25, 0.3) is 10.8 Å². The number of pyridine rings is 1. The maximum Gasteiger partial charge on any atom is 0.0451 e. The largest absolute Gasteiger partial charge is 0.261 e. The van der Waals surface area contributed by atoms with Crippen LogP contribution in [0.4, 0.5) is 0 Å². The van der Waals surface area contributed by atoms with E-state index in [-0.39, 0.29) is 5.41 Å². The quantitative estimate of drug-likeness (QED) is 0.628. The molecule has 0 unspecified atom stereocenters. The van der Waals surface area contributed by atoms with Crippen LogP contribution in [0.1, 0.15) is 32.0 Å². The summed E-state index contributed by atoms with van der Waals surface area (Å²) in [6.45, 7) is 8.75. The standard InChI is InChI=1S/C14H17N/c1-10-11-7-5-6-8-12(11)13(9-15-10)14(2,3)4/h5-9H,1-4H3. The Morgan fingerprint density at radius 1 is 1.00 bits per heavy atom. The van der Waals surface area contributed by atoms with Crippen LogP contribution in [0.2, 0.25) is 0 Å². The van der Waals surface area contributed by atoms with Crippen LogP contribution in [-0.4, -0.2) is 4.98 Å². The predicted octanol–water partition coefficient (Wildman–Crippen LogP) is 3.84. The van der Waals surface area contributed by atoms with Crippen LogP contribution in [0.3, 0.4) is 0 Å². The van der Waals surface area contributed by atoms with Gasteiger partial charge in [0.15, 0.2) is 0 Å². The smallest absolute Gasteiger partial charge is 0.0451 e. The number of hydrogen-bond acceptors (Lipinski definition) is 1. The molecular formula is C14H17N. The highest BCUT2D eigenvalue weighted by atomic mass is 14.7. The Balaban J connectivity index is 2.84. The second-order valence-electron chi connectivity index (χ2n) is 5.05. The number of nitrogens with zero attached hydrogens (tertiary/aromatic N) is 1. The van der Waals surface area contributed by atoms with E-state index in [1.54, 1.807) is 0 Å². The molecule has 15 heavy (non-hydrogen) atoms. The number of rotatable bonds is 0. The third kappa shape index (κ3) is 1.74. The van der Waals surface area contributed by atoms with E-state index in [9.17, 15) is 0 Å². The maximum absolute atomic E-state index is 4.47. The predicted molar refractivity (Wildman–Crippen MR) is 65.2 cm³/mol. The molecule has 0 fully saturated rings. The van der Waals surface area contributed by atoms with Crippen molar-refractivity contribution in [2.24, 2.45) is 0 Å². The zero-order valence-corrected chi connectivity index (χ0v) is 9.83. The van der Waals surface area contributed by atoms with Gasteiger partial charge in [0.05, 0.1) is 0 Å². The van der Waals surface area contributed by atoms with Crippen molar-refractivity contribution in [1.29, 1.82) is 0 Å². The average Bonchev–Trinajstić information content (AvgIpc) is 2.17. The first-order chi connectivity index (χ1) is 7.00. The van der Waals surface area contributed by atoms with Crippen molar-refractivity contribution in [1.82, 2.24) is 4.98 Å². The molecule has 1 aromatic carbocycles. The molecule has 0 aliphatic heterocycles. The second-order valence-corrected chi connectivity index (χ2v) is 5.05. The minimum atomic E-state index is 0.153. The molecule has 1 heteroatoms. The molecule has 2 rings (SSSR count). The first-order valence-electron chi connectivity index (χ1n) is 5.35. The second kappa shape index (κ2) is 3.34. The van der Waals surface area contributed by atoms with Gasteiger partial charge in [0, 0.05) is 17.3 Å². The molecule has 1 aromatic heterocycles. The van der Waals surface area contributed by atoms with Gasteiger partial charge in [-0.3, -0.25) is 4.98 Å². The normalized spacial score (nSPS) is 12.0. The van der Waals surface area contributed by atoms with E-state index in [2.05, 4.69) is 56.9 Å². The number of fused-ring (bicyclic) bond motifs is 1. The number of aromatic nitrogens is 1. The summed E-state index contributed by atoms with van der Waals surface area (Å²) in [4.78, 5) is 4.47. The summed E-state index contributed by atoms with van der Waals surface area (Å²) in [7, 11) is 0. The fraction of sp³-hybridized carbons (Fsp3) is 0.357. The monoisotopic (exact) mass is 199 g/mol.